The van der Waals surface area contributed by atoms with Crippen molar-refractivity contribution in [2.75, 3.05) is 85.0 Å². The molecule has 4 aliphatic heterocycles. The summed E-state index contributed by atoms with van der Waals surface area (Å²) in [5, 5.41) is 7.84. The third-order valence-electron chi connectivity index (χ3n) is 9.38. The molecular formula is C28H51N5O4S. The summed E-state index contributed by atoms with van der Waals surface area (Å²) in [5.74, 6) is 2.33. The number of nitrogens with zero attached hydrogens (tertiary/aromatic N) is 3. The minimum absolute atomic E-state index is 0.144. The largest absolute Gasteiger partial charge is 0.469 e. The molecule has 1 aliphatic carbocycles. The maximum Gasteiger partial charge on any atom is 0.305 e. The van der Waals surface area contributed by atoms with E-state index in [1.807, 2.05) is 0 Å². The molecule has 7 atom stereocenters. The Morgan fingerprint density at radius 1 is 1.08 bits per heavy atom. The van der Waals surface area contributed by atoms with Crippen molar-refractivity contribution in [3.8, 4) is 0 Å². The van der Waals surface area contributed by atoms with Crippen LogP contribution in [0.1, 0.15) is 45.4 Å². The van der Waals surface area contributed by atoms with E-state index in [-0.39, 0.29) is 12.1 Å². The molecule has 0 amide bonds. The van der Waals surface area contributed by atoms with Crippen LogP contribution in [-0.2, 0) is 19.0 Å². The van der Waals surface area contributed by atoms with Crippen molar-refractivity contribution in [1.82, 2.24) is 25.3 Å². The maximum absolute atomic E-state index is 11.6. The van der Waals surface area contributed by atoms with Gasteiger partial charge in [-0.05, 0) is 63.6 Å². The minimum Gasteiger partial charge on any atom is -0.469 e. The van der Waals surface area contributed by atoms with Gasteiger partial charge in [-0.1, -0.05) is 6.92 Å². The summed E-state index contributed by atoms with van der Waals surface area (Å²) in [4.78, 5) is 19.6. The van der Waals surface area contributed by atoms with Gasteiger partial charge in [0.25, 0.3) is 0 Å². The summed E-state index contributed by atoms with van der Waals surface area (Å²) in [6.45, 7) is 13.6. The first-order chi connectivity index (χ1) is 18.6. The Kier molecular flexibility index (Phi) is 11.0. The molecule has 10 heteroatoms. The van der Waals surface area contributed by atoms with Crippen molar-refractivity contribution >= 4 is 17.7 Å². The van der Waals surface area contributed by atoms with Gasteiger partial charge in [0.15, 0.2) is 0 Å². The summed E-state index contributed by atoms with van der Waals surface area (Å²) in [6.07, 6.45) is 6.46. The van der Waals surface area contributed by atoms with Gasteiger partial charge in [-0.3, -0.25) is 19.9 Å². The van der Waals surface area contributed by atoms with Gasteiger partial charge in [0, 0.05) is 63.6 Å². The first kappa shape index (κ1) is 29.0. The van der Waals surface area contributed by atoms with Gasteiger partial charge >= 0.3 is 5.97 Å². The number of rotatable bonds is 9. The molecule has 4 saturated heterocycles. The number of carbonyl (C=O) groups excluding carboxylic acids is 1. The number of ether oxygens (including phenoxy) is 3. The Bertz CT molecular complexity index is 744. The molecule has 0 aromatic rings. The molecule has 38 heavy (non-hydrogen) atoms. The fourth-order valence-corrected chi connectivity index (χ4v) is 8.77. The van der Waals surface area contributed by atoms with E-state index in [1.165, 1.54) is 45.1 Å². The topological polar surface area (TPSA) is 78.5 Å². The molecule has 7 unspecified atom stereocenters. The van der Waals surface area contributed by atoms with E-state index < -0.39 is 0 Å². The molecule has 0 bridgehead atoms. The lowest BCUT2D eigenvalue weighted by Gasteiger charge is -2.52. The highest BCUT2D eigenvalue weighted by atomic mass is 32.2. The molecule has 0 aromatic carbocycles. The Labute approximate surface area is 234 Å². The van der Waals surface area contributed by atoms with E-state index in [0.29, 0.717) is 42.6 Å². The second kappa shape index (κ2) is 14.4. The van der Waals surface area contributed by atoms with Gasteiger partial charge in [0.2, 0.25) is 0 Å². The van der Waals surface area contributed by atoms with Crippen LogP contribution in [0.25, 0.3) is 0 Å². The normalized spacial score (nSPS) is 38.0. The van der Waals surface area contributed by atoms with Gasteiger partial charge in [-0.25, -0.2) is 0 Å². The third-order valence-corrected chi connectivity index (χ3v) is 10.7. The Morgan fingerprint density at radius 3 is 2.79 bits per heavy atom. The van der Waals surface area contributed by atoms with E-state index in [1.54, 1.807) is 0 Å². The number of nitrogens with one attached hydrogen (secondary N) is 2. The van der Waals surface area contributed by atoms with Gasteiger partial charge in [0.05, 0.1) is 32.5 Å². The fraction of sp³-hybridized carbons (Fsp3) is 0.964. The van der Waals surface area contributed by atoms with Crippen molar-refractivity contribution in [2.45, 2.75) is 75.2 Å². The van der Waals surface area contributed by atoms with E-state index in [2.05, 4.69) is 44.0 Å². The third kappa shape index (κ3) is 7.43. The highest BCUT2D eigenvalue weighted by Gasteiger charge is 2.47. The Hall–Kier alpha value is -0.460. The van der Waals surface area contributed by atoms with Crippen LogP contribution in [0.15, 0.2) is 0 Å². The first-order valence-corrected chi connectivity index (χ1v) is 16.2. The number of esters is 1. The zero-order chi connectivity index (χ0) is 26.3. The lowest BCUT2D eigenvalue weighted by atomic mass is 9.70. The van der Waals surface area contributed by atoms with E-state index in [0.717, 1.165) is 71.4 Å². The summed E-state index contributed by atoms with van der Waals surface area (Å²) >= 11 is 2.07. The number of hydrogen-bond acceptors (Lipinski definition) is 10. The molecule has 1 saturated carbocycles. The monoisotopic (exact) mass is 553 g/mol. The zero-order valence-corrected chi connectivity index (χ0v) is 24.5. The van der Waals surface area contributed by atoms with Crippen LogP contribution in [0.5, 0.6) is 0 Å². The molecule has 5 aliphatic rings. The first-order valence-electron chi connectivity index (χ1n) is 15.2. The number of thioether (sulfide) groups is 1. The number of methoxy groups -OCH3 is 1. The number of morpholine rings is 1. The van der Waals surface area contributed by atoms with Crippen LogP contribution in [-0.4, -0.2) is 135 Å². The standard InChI is InChI=1S/C28H51N5O4S/c1-21-18-22-6-3-8-29-25(22)26(27(21)37-15-4-7-24(34)35-2)32-10-5-9-31(11-12-32)19-23-20-38-28(30-23)33-13-16-36-17-14-33/h21-23,25-30H,3-20H2,1-2H3. The highest BCUT2D eigenvalue weighted by molar-refractivity contribution is 8.00. The maximum atomic E-state index is 11.6. The van der Waals surface area contributed by atoms with Crippen molar-refractivity contribution in [3.05, 3.63) is 0 Å². The molecule has 5 fully saturated rings. The average molecular weight is 554 g/mol. The minimum atomic E-state index is -0.144. The summed E-state index contributed by atoms with van der Waals surface area (Å²) in [7, 11) is 1.46. The SMILES string of the molecule is COC(=O)CCCOC1C(C)CC2CCCNC2C1N1CCCN(CC2CSC(N3CCOCC3)N2)CC1. The van der Waals surface area contributed by atoms with Crippen LogP contribution < -0.4 is 10.6 Å². The molecule has 4 heterocycles. The summed E-state index contributed by atoms with van der Waals surface area (Å²) in [6, 6.07) is 1.48. The molecule has 5 rings (SSSR count). The van der Waals surface area contributed by atoms with E-state index >= 15 is 0 Å². The second-order valence-corrected chi connectivity index (χ2v) is 13.1. The van der Waals surface area contributed by atoms with E-state index in [9.17, 15) is 4.79 Å². The fourth-order valence-electron chi connectivity index (χ4n) is 7.45. The average Bonchev–Trinajstić information content (AvgIpc) is 3.29. The molecule has 218 valence electrons. The molecular weight excluding hydrogens is 502 g/mol. The second-order valence-electron chi connectivity index (χ2n) is 12.0. The van der Waals surface area contributed by atoms with Gasteiger partial charge in [0.1, 0.15) is 5.50 Å². The lowest BCUT2D eigenvalue weighted by molar-refractivity contribution is -0.141. The predicted octanol–water partition coefficient (Wildman–Crippen LogP) is 1.43. The van der Waals surface area contributed by atoms with Crippen LogP contribution in [0.2, 0.25) is 0 Å². The number of piperidine rings is 1. The molecule has 2 N–H and O–H groups in total. The lowest BCUT2D eigenvalue weighted by Crippen LogP contribution is -2.65. The molecule has 0 spiro atoms. The Morgan fingerprint density at radius 2 is 1.95 bits per heavy atom. The van der Waals surface area contributed by atoms with Crippen molar-refractivity contribution < 1.29 is 19.0 Å². The van der Waals surface area contributed by atoms with E-state index in [4.69, 9.17) is 14.2 Å². The van der Waals surface area contributed by atoms with Crippen molar-refractivity contribution in [3.63, 3.8) is 0 Å². The van der Waals surface area contributed by atoms with Crippen LogP contribution in [0.4, 0.5) is 0 Å². The number of carbonyl (C=O) groups is 1. The van der Waals surface area contributed by atoms with Crippen LogP contribution in [0, 0.1) is 11.8 Å². The van der Waals surface area contributed by atoms with Crippen molar-refractivity contribution in [2.24, 2.45) is 11.8 Å². The predicted molar refractivity (Wildman–Crippen MR) is 151 cm³/mol. The van der Waals surface area contributed by atoms with Gasteiger partial charge < -0.3 is 24.4 Å². The zero-order valence-electron chi connectivity index (χ0n) is 23.7. The smallest absolute Gasteiger partial charge is 0.305 e. The van der Waals surface area contributed by atoms with Gasteiger partial charge in [-0.15, -0.1) is 11.8 Å². The molecule has 0 aromatic heterocycles. The number of fused-ring (bicyclic) bond motifs is 1. The quantitative estimate of drug-likeness (QED) is 0.323. The Balaban J connectivity index is 1.16. The number of hydrogen-bond donors (Lipinski definition) is 2. The molecule has 9 nitrogen and oxygen atoms in total. The van der Waals surface area contributed by atoms with Crippen molar-refractivity contribution in [1.29, 1.82) is 0 Å². The summed E-state index contributed by atoms with van der Waals surface area (Å²) in [5.41, 5.74) is 0.447. The van der Waals surface area contributed by atoms with Gasteiger partial charge in [-0.2, -0.15) is 0 Å². The van der Waals surface area contributed by atoms with Crippen LogP contribution in [0.3, 0.4) is 0 Å². The molecule has 0 radical (unpaired) electrons. The van der Waals surface area contributed by atoms with Crippen LogP contribution >= 0.6 is 11.8 Å². The summed E-state index contributed by atoms with van der Waals surface area (Å²) < 4.78 is 17.0. The highest BCUT2D eigenvalue weighted by Crippen LogP contribution is 2.39.